The summed E-state index contributed by atoms with van der Waals surface area (Å²) in [7, 11) is 0. The minimum Gasteiger partial charge on any atom is -0.454 e. The smallest absolute Gasteiger partial charge is 0.346 e. The lowest BCUT2D eigenvalue weighted by atomic mass is 10.0. The van der Waals surface area contributed by atoms with Crippen LogP contribution in [-0.2, 0) is 11.2 Å². The van der Waals surface area contributed by atoms with Crippen molar-refractivity contribution >= 4 is 17.4 Å². The molecule has 1 aliphatic rings. The number of benzene rings is 2. The van der Waals surface area contributed by atoms with E-state index in [1.165, 1.54) is 13.0 Å². The minimum absolute atomic E-state index is 0.0897. The fraction of sp³-hybridized carbons (Fsp3) is 0.263. The molecule has 0 spiro atoms. The molecule has 0 amide bonds. The molecule has 1 heterocycles. The first-order valence-corrected chi connectivity index (χ1v) is 8.33. The van der Waals surface area contributed by atoms with Crippen LogP contribution in [0.15, 0.2) is 36.4 Å². The van der Waals surface area contributed by atoms with Gasteiger partial charge >= 0.3 is 5.97 Å². The average Bonchev–Trinajstić information content (AvgIpc) is 3.13. The molecule has 140 valence electrons. The first-order valence-electron chi connectivity index (χ1n) is 8.33. The van der Waals surface area contributed by atoms with E-state index in [4.69, 9.17) is 14.2 Å². The molecule has 2 aromatic rings. The van der Waals surface area contributed by atoms with Crippen molar-refractivity contribution in [1.29, 1.82) is 0 Å². The highest BCUT2D eigenvalue weighted by Gasteiger charge is 2.30. The number of ether oxygens (including phenoxy) is 3. The van der Waals surface area contributed by atoms with Crippen molar-refractivity contribution in [3.05, 3.63) is 63.2 Å². The molecule has 27 heavy (non-hydrogen) atoms. The number of fused-ring (bicyclic) bond motifs is 1. The number of carbonyl (C=O) groups is 2. The van der Waals surface area contributed by atoms with Crippen LogP contribution in [0.4, 0.5) is 5.69 Å². The van der Waals surface area contributed by atoms with E-state index in [0.29, 0.717) is 5.56 Å². The highest BCUT2D eigenvalue weighted by atomic mass is 16.7. The quantitative estimate of drug-likeness (QED) is 0.332. The second kappa shape index (κ2) is 7.45. The molecule has 8 nitrogen and oxygen atoms in total. The topological polar surface area (TPSA) is 105 Å². The van der Waals surface area contributed by atoms with E-state index in [0.717, 1.165) is 18.1 Å². The highest BCUT2D eigenvalue weighted by Crippen LogP contribution is 2.38. The Hall–Kier alpha value is -3.42. The van der Waals surface area contributed by atoms with E-state index < -0.39 is 28.5 Å². The lowest BCUT2D eigenvalue weighted by molar-refractivity contribution is -0.385. The van der Waals surface area contributed by atoms with Gasteiger partial charge in [0.15, 0.2) is 17.6 Å². The number of hydrogen-bond donors (Lipinski definition) is 0. The summed E-state index contributed by atoms with van der Waals surface area (Å²) in [5, 5.41) is 11.3. The fourth-order valence-electron chi connectivity index (χ4n) is 2.66. The van der Waals surface area contributed by atoms with Crippen LogP contribution in [0.2, 0.25) is 0 Å². The number of esters is 1. The molecule has 0 bridgehead atoms. The Morgan fingerprint density at radius 1 is 1.19 bits per heavy atom. The number of rotatable bonds is 6. The van der Waals surface area contributed by atoms with E-state index in [9.17, 15) is 19.7 Å². The number of nitro groups is 1. The Morgan fingerprint density at radius 2 is 1.81 bits per heavy atom. The molecule has 0 N–H and O–H groups in total. The first-order chi connectivity index (χ1) is 12.9. The van der Waals surface area contributed by atoms with Crippen LogP contribution in [-0.4, -0.2) is 29.6 Å². The van der Waals surface area contributed by atoms with Crippen molar-refractivity contribution in [2.45, 2.75) is 26.4 Å². The van der Waals surface area contributed by atoms with E-state index in [-0.39, 0.29) is 23.9 Å². The molecule has 0 aliphatic carbocycles. The van der Waals surface area contributed by atoms with Crippen molar-refractivity contribution in [2.75, 3.05) is 6.79 Å². The van der Waals surface area contributed by atoms with Gasteiger partial charge < -0.3 is 14.2 Å². The normalized spacial score (nSPS) is 13.1. The molecule has 3 rings (SSSR count). The molecule has 8 heteroatoms. The van der Waals surface area contributed by atoms with Gasteiger partial charge in [-0.2, -0.15) is 0 Å². The summed E-state index contributed by atoms with van der Waals surface area (Å²) in [6, 6.07) is 9.27. The van der Waals surface area contributed by atoms with Crippen LogP contribution in [0.1, 0.15) is 40.1 Å². The van der Waals surface area contributed by atoms with Gasteiger partial charge in [0, 0.05) is 11.6 Å². The van der Waals surface area contributed by atoms with Gasteiger partial charge in [-0.1, -0.05) is 31.2 Å². The minimum atomic E-state index is -1.10. The van der Waals surface area contributed by atoms with Crippen molar-refractivity contribution in [3.8, 4) is 11.5 Å². The van der Waals surface area contributed by atoms with Crippen molar-refractivity contribution in [1.82, 2.24) is 0 Å². The number of ketones is 1. The predicted molar refractivity (Wildman–Crippen MR) is 94.2 cm³/mol. The molecule has 0 saturated heterocycles. The number of nitrogens with zero attached hydrogens (tertiary/aromatic N) is 1. The zero-order chi connectivity index (χ0) is 19.6. The van der Waals surface area contributed by atoms with Gasteiger partial charge in [0.05, 0.1) is 11.0 Å². The first kappa shape index (κ1) is 18.4. The van der Waals surface area contributed by atoms with Crippen molar-refractivity contribution < 1.29 is 28.7 Å². The van der Waals surface area contributed by atoms with Crippen LogP contribution < -0.4 is 9.47 Å². The maximum atomic E-state index is 12.5. The lowest BCUT2D eigenvalue weighted by Crippen LogP contribution is -2.24. The van der Waals surface area contributed by atoms with Crippen LogP contribution >= 0.6 is 0 Å². The summed E-state index contributed by atoms with van der Waals surface area (Å²) in [5.41, 5.74) is 0.696. The Bertz CT molecular complexity index is 905. The Labute approximate surface area is 154 Å². The van der Waals surface area contributed by atoms with Crippen molar-refractivity contribution in [3.63, 3.8) is 0 Å². The summed E-state index contributed by atoms with van der Waals surface area (Å²) < 4.78 is 15.4. The average molecular weight is 371 g/mol. The molecule has 0 radical (unpaired) electrons. The van der Waals surface area contributed by atoms with E-state index in [2.05, 4.69) is 0 Å². The largest absolute Gasteiger partial charge is 0.454 e. The third-order valence-corrected chi connectivity index (χ3v) is 4.21. The summed E-state index contributed by atoms with van der Waals surface area (Å²) in [6.45, 7) is 3.33. The monoisotopic (exact) mass is 371 g/mol. The van der Waals surface area contributed by atoms with Gasteiger partial charge in [-0.15, -0.1) is 0 Å². The van der Waals surface area contributed by atoms with Gasteiger partial charge in [-0.25, -0.2) is 4.79 Å². The summed E-state index contributed by atoms with van der Waals surface area (Å²) in [6.07, 6.45) is -0.262. The van der Waals surface area contributed by atoms with Crippen molar-refractivity contribution in [2.24, 2.45) is 0 Å². The van der Waals surface area contributed by atoms with Crippen LogP contribution in [0, 0.1) is 10.1 Å². The second-order valence-electron chi connectivity index (χ2n) is 5.94. The van der Waals surface area contributed by atoms with Crippen LogP contribution in [0.25, 0.3) is 0 Å². The molecule has 0 aromatic heterocycles. The predicted octanol–water partition coefficient (Wildman–Crippen LogP) is 3.31. The maximum Gasteiger partial charge on any atom is 0.346 e. The number of carbonyl (C=O) groups excluding carboxylic acids is 2. The van der Waals surface area contributed by atoms with E-state index >= 15 is 0 Å². The summed E-state index contributed by atoms with van der Waals surface area (Å²) in [5.74, 6) is -0.986. The third kappa shape index (κ3) is 3.74. The summed E-state index contributed by atoms with van der Waals surface area (Å²) in [4.78, 5) is 35.5. The standard InChI is InChI=1S/C19H17NO7/c1-3-12-4-6-13(7-5-12)18(21)11(2)27-19(22)14-8-16-17(26-10-25-16)9-15(14)20(23)24/h4-9,11H,3,10H2,1-2H3. The Kier molecular flexibility index (Phi) is 5.07. The number of aryl methyl sites for hydroxylation is 1. The van der Waals surface area contributed by atoms with Gasteiger partial charge in [-0.05, 0) is 18.9 Å². The second-order valence-corrected chi connectivity index (χ2v) is 5.94. The Morgan fingerprint density at radius 3 is 2.41 bits per heavy atom. The molecular weight excluding hydrogens is 354 g/mol. The number of hydrogen-bond acceptors (Lipinski definition) is 7. The summed E-state index contributed by atoms with van der Waals surface area (Å²) >= 11 is 0. The van der Waals surface area contributed by atoms with E-state index in [1.807, 2.05) is 19.1 Å². The van der Waals surface area contributed by atoms with Gasteiger partial charge in [0.25, 0.3) is 5.69 Å². The molecule has 2 aromatic carbocycles. The zero-order valence-electron chi connectivity index (χ0n) is 14.8. The molecule has 0 fully saturated rings. The Balaban J connectivity index is 1.80. The van der Waals surface area contributed by atoms with Gasteiger partial charge in [0.1, 0.15) is 5.56 Å². The molecule has 1 aliphatic heterocycles. The van der Waals surface area contributed by atoms with Crippen LogP contribution in [0.3, 0.4) is 0 Å². The molecule has 1 unspecified atom stereocenters. The van der Waals surface area contributed by atoms with Crippen LogP contribution in [0.5, 0.6) is 11.5 Å². The van der Waals surface area contributed by atoms with Gasteiger partial charge in [-0.3, -0.25) is 14.9 Å². The molecule has 0 saturated carbocycles. The number of nitro benzene ring substituents is 1. The highest BCUT2D eigenvalue weighted by molar-refractivity contribution is 6.02. The van der Waals surface area contributed by atoms with E-state index in [1.54, 1.807) is 12.1 Å². The molecule has 1 atom stereocenters. The zero-order valence-corrected chi connectivity index (χ0v) is 14.8. The molecular formula is C19H17NO7. The fourth-order valence-corrected chi connectivity index (χ4v) is 2.66. The SMILES string of the molecule is CCc1ccc(C(=O)C(C)OC(=O)c2cc3c(cc2[N+](=O)[O-])OCO3)cc1. The third-order valence-electron chi connectivity index (χ3n) is 4.21. The maximum absolute atomic E-state index is 12.5. The lowest BCUT2D eigenvalue weighted by Gasteiger charge is -2.13. The number of Topliss-reactive ketones (excluding diaryl/α,β-unsaturated/α-hetero) is 1. The van der Waals surface area contributed by atoms with Gasteiger partial charge in [0.2, 0.25) is 12.6 Å².